The van der Waals surface area contributed by atoms with Crippen LogP contribution in [-0.2, 0) is 0 Å². The third kappa shape index (κ3) is 1.22. The molecule has 2 N–H and O–H groups in total. The third-order valence-corrected chi connectivity index (χ3v) is 2.06. The van der Waals surface area contributed by atoms with Crippen molar-refractivity contribution in [2.75, 3.05) is 5.73 Å². The molecule has 0 spiro atoms. The zero-order chi connectivity index (χ0) is 9.42. The molecule has 0 aliphatic heterocycles. The van der Waals surface area contributed by atoms with E-state index in [-0.39, 0.29) is 5.82 Å². The molecule has 1 heterocycles. The molecule has 0 aliphatic rings. The molecule has 0 saturated heterocycles. The average molecular weight is 176 g/mol. The second kappa shape index (κ2) is 2.69. The number of rotatable bonds is 0. The number of hydrogen-bond donors (Lipinski definition) is 1. The Morgan fingerprint density at radius 2 is 2.15 bits per heavy atom. The van der Waals surface area contributed by atoms with Crippen molar-refractivity contribution in [3.8, 4) is 0 Å². The highest BCUT2D eigenvalue weighted by molar-refractivity contribution is 5.83. The molecule has 0 bridgehead atoms. The van der Waals surface area contributed by atoms with Crippen molar-refractivity contribution in [1.29, 1.82) is 0 Å². The first-order valence-corrected chi connectivity index (χ1v) is 3.99. The predicted octanol–water partition coefficient (Wildman–Crippen LogP) is 2.26. The summed E-state index contributed by atoms with van der Waals surface area (Å²) < 4.78 is 13.1. The Balaban J connectivity index is 2.87. The summed E-state index contributed by atoms with van der Waals surface area (Å²) in [7, 11) is 0. The number of nitrogens with two attached hydrogens (primary N) is 1. The fourth-order valence-corrected chi connectivity index (χ4v) is 1.34. The van der Waals surface area contributed by atoms with E-state index in [0.29, 0.717) is 16.8 Å². The zero-order valence-corrected chi connectivity index (χ0v) is 7.21. The molecule has 0 aliphatic carbocycles. The highest BCUT2D eigenvalue weighted by Gasteiger charge is 2.03. The smallest absolute Gasteiger partial charge is 0.128 e. The van der Waals surface area contributed by atoms with Crippen molar-refractivity contribution in [3.63, 3.8) is 0 Å². The van der Waals surface area contributed by atoms with Crippen molar-refractivity contribution in [2.24, 2.45) is 0 Å². The molecule has 66 valence electrons. The first kappa shape index (κ1) is 7.98. The molecule has 0 atom stereocenters. The van der Waals surface area contributed by atoms with Crippen LogP contribution in [0.15, 0.2) is 24.4 Å². The van der Waals surface area contributed by atoms with Crippen molar-refractivity contribution in [1.82, 2.24) is 4.98 Å². The van der Waals surface area contributed by atoms with Gasteiger partial charge in [-0.15, -0.1) is 0 Å². The fourth-order valence-electron chi connectivity index (χ4n) is 1.34. The number of nitrogens with zero attached hydrogens (tertiary/aromatic N) is 1. The number of fused-ring (bicyclic) bond motifs is 1. The molecule has 1 aromatic carbocycles. The second-order valence-corrected chi connectivity index (χ2v) is 3.01. The van der Waals surface area contributed by atoms with Gasteiger partial charge >= 0.3 is 0 Å². The second-order valence-electron chi connectivity index (χ2n) is 3.01. The minimum Gasteiger partial charge on any atom is -0.397 e. The summed E-state index contributed by atoms with van der Waals surface area (Å²) >= 11 is 0. The highest BCUT2D eigenvalue weighted by Crippen LogP contribution is 2.20. The van der Waals surface area contributed by atoms with E-state index in [1.165, 1.54) is 12.3 Å². The van der Waals surface area contributed by atoms with Crippen LogP contribution in [0.3, 0.4) is 0 Å². The number of benzene rings is 1. The summed E-state index contributed by atoms with van der Waals surface area (Å²) in [5.74, 6) is -0.232. The average Bonchev–Trinajstić information content (AvgIpc) is 2.12. The van der Waals surface area contributed by atoms with Crippen LogP contribution in [0, 0.1) is 12.7 Å². The molecule has 2 rings (SSSR count). The Morgan fingerprint density at radius 3 is 2.92 bits per heavy atom. The molecule has 0 amide bonds. The Hall–Kier alpha value is -1.64. The Bertz CT molecular complexity index is 466. The first-order chi connectivity index (χ1) is 6.18. The van der Waals surface area contributed by atoms with E-state index in [2.05, 4.69) is 4.98 Å². The summed E-state index contributed by atoms with van der Waals surface area (Å²) in [5, 5.41) is 0.874. The van der Waals surface area contributed by atoms with Crippen LogP contribution in [0.25, 0.3) is 10.9 Å². The van der Waals surface area contributed by atoms with Crippen LogP contribution in [0.4, 0.5) is 10.1 Å². The quantitative estimate of drug-likeness (QED) is 0.668. The third-order valence-electron chi connectivity index (χ3n) is 2.06. The van der Waals surface area contributed by atoms with E-state index in [4.69, 9.17) is 5.73 Å². The van der Waals surface area contributed by atoms with E-state index < -0.39 is 0 Å². The number of aromatic nitrogens is 1. The van der Waals surface area contributed by atoms with Gasteiger partial charge in [-0.1, -0.05) is 0 Å². The van der Waals surface area contributed by atoms with Gasteiger partial charge in [0.05, 0.1) is 17.4 Å². The zero-order valence-electron chi connectivity index (χ0n) is 7.21. The molecule has 0 fully saturated rings. The summed E-state index contributed by atoms with van der Waals surface area (Å²) in [6.07, 6.45) is 1.54. The monoisotopic (exact) mass is 176 g/mol. The van der Waals surface area contributed by atoms with Gasteiger partial charge in [-0.25, -0.2) is 4.39 Å². The SMILES string of the molecule is Cc1c(F)ccc2cc(N)cnc12. The van der Waals surface area contributed by atoms with Crippen molar-refractivity contribution < 1.29 is 4.39 Å². The standard InChI is InChI=1S/C10H9FN2/c1-6-9(11)3-2-7-4-8(12)5-13-10(6)7/h2-5H,12H2,1H3. The molecule has 0 radical (unpaired) electrons. The van der Waals surface area contributed by atoms with Crippen LogP contribution >= 0.6 is 0 Å². The van der Waals surface area contributed by atoms with Gasteiger partial charge < -0.3 is 5.73 Å². The van der Waals surface area contributed by atoms with Crippen LogP contribution < -0.4 is 5.73 Å². The van der Waals surface area contributed by atoms with Gasteiger partial charge in [0, 0.05) is 10.9 Å². The van der Waals surface area contributed by atoms with Gasteiger partial charge in [-0.2, -0.15) is 0 Å². The molecule has 3 heteroatoms. The lowest BCUT2D eigenvalue weighted by Crippen LogP contribution is -1.91. The van der Waals surface area contributed by atoms with Crippen LogP contribution in [0.2, 0.25) is 0 Å². The summed E-state index contributed by atoms with van der Waals surface area (Å²) in [6.45, 7) is 1.71. The van der Waals surface area contributed by atoms with E-state index in [1.54, 1.807) is 19.1 Å². The summed E-state index contributed by atoms with van der Waals surface area (Å²) in [6, 6.07) is 4.90. The minimum atomic E-state index is -0.232. The Labute approximate surface area is 75.2 Å². The first-order valence-electron chi connectivity index (χ1n) is 3.99. The van der Waals surface area contributed by atoms with E-state index in [1.807, 2.05) is 0 Å². The van der Waals surface area contributed by atoms with E-state index in [0.717, 1.165) is 5.39 Å². The summed E-state index contributed by atoms with van der Waals surface area (Å²) in [5.41, 5.74) is 7.39. The van der Waals surface area contributed by atoms with Gasteiger partial charge in [-0.3, -0.25) is 4.98 Å². The number of pyridine rings is 1. The van der Waals surface area contributed by atoms with Gasteiger partial charge in [0.15, 0.2) is 0 Å². The highest BCUT2D eigenvalue weighted by atomic mass is 19.1. The summed E-state index contributed by atoms with van der Waals surface area (Å²) in [4.78, 5) is 4.08. The molecule has 0 saturated carbocycles. The molecule has 2 nitrogen and oxygen atoms in total. The normalized spacial score (nSPS) is 10.6. The van der Waals surface area contributed by atoms with E-state index >= 15 is 0 Å². The largest absolute Gasteiger partial charge is 0.397 e. The van der Waals surface area contributed by atoms with Crippen molar-refractivity contribution in [2.45, 2.75) is 6.92 Å². The van der Waals surface area contributed by atoms with Gasteiger partial charge in [-0.05, 0) is 25.1 Å². The number of anilines is 1. The van der Waals surface area contributed by atoms with Crippen molar-refractivity contribution in [3.05, 3.63) is 35.8 Å². The van der Waals surface area contributed by atoms with Crippen LogP contribution in [-0.4, -0.2) is 4.98 Å². The lowest BCUT2D eigenvalue weighted by molar-refractivity contribution is 0.620. The minimum absolute atomic E-state index is 0.232. The molecule has 13 heavy (non-hydrogen) atoms. The maximum Gasteiger partial charge on any atom is 0.128 e. The fraction of sp³-hybridized carbons (Fsp3) is 0.100. The number of aryl methyl sites for hydroxylation is 1. The molecule has 2 aromatic rings. The van der Waals surface area contributed by atoms with Gasteiger partial charge in [0.1, 0.15) is 5.82 Å². The maximum absolute atomic E-state index is 13.1. The Kier molecular flexibility index (Phi) is 1.65. The molecular weight excluding hydrogens is 167 g/mol. The topological polar surface area (TPSA) is 38.9 Å². The van der Waals surface area contributed by atoms with Crippen LogP contribution in [0.5, 0.6) is 0 Å². The van der Waals surface area contributed by atoms with Crippen molar-refractivity contribution >= 4 is 16.6 Å². The number of nitrogen functional groups attached to an aromatic ring is 1. The predicted molar refractivity (Wildman–Crippen MR) is 50.9 cm³/mol. The Morgan fingerprint density at radius 1 is 1.38 bits per heavy atom. The van der Waals surface area contributed by atoms with Gasteiger partial charge in [0.25, 0.3) is 0 Å². The van der Waals surface area contributed by atoms with Gasteiger partial charge in [0.2, 0.25) is 0 Å². The van der Waals surface area contributed by atoms with E-state index in [9.17, 15) is 4.39 Å². The number of halogens is 1. The molecular formula is C10H9FN2. The number of hydrogen-bond acceptors (Lipinski definition) is 2. The van der Waals surface area contributed by atoms with Crippen LogP contribution in [0.1, 0.15) is 5.56 Å². The molecule has 0 unspecified atom stereocenters. The lowest BCUT2D eigenvalue weighted by Gasteiger charge is -2.02. The molecule has 1 aromatic heterocycles. The maximum atomic E-state index is 13.1. The lowest BCUT2D eigenvalue weighted by atomic mass is 10.1.